The molecule has 0 aliphatic rings. The Hall–Kier alpha value is -2.40. The zero-order chi connectivity index (χ0) is 14.7. The second kappa shape index (κ2) is 5.93. The Labute approximate surface area is 127 Å². The van der Waals surface area contributed by atoms with Gasteiger partial charge in [-0.25, -0.2) is 0 Å². The number of nitrogens with two attached hydrogens (primary N) is 1. The third-order valence-corrected chi connectivity index (χ3v) is 4.19. The minimum absolute atomic E-state index is 0.542. The van der Waals surface area contributed by atoms with Crippen LogP contribution in [0.15, 0.2) is 48.8 Å². The van der Waals surface area contributed by atoms with E-state index in [1.54, 1.807) is 12.4 Å². The summed E-state index contributed by atoms with van der Waals surface area (Å²) in [6, 6.07) is 12.2. The Balaban J connectivity index is 1.86. The lowest BCUT2D eigenvalue weighted by Gasteiger charge is -2.09. The number of nitrogen functional groups attached to an aromatic ring is 1. The molecule has 1 aromatic carbocycles. The van der Waals surface area contributed by atoms with Crippen LogP contribution in [-0.2, 0) is 6.54 Å². The molecule has 2 heterocycles. The number of nitrogens with zero attached hydrogens (tertiary/aromatic N) is 2. The molecule has 0 fully saturated rings. The average molecular weight is 296 g/mol. The summed E-state index contributed by atoms with van der Waals surface area (Å²) in [4.78, 5) is 4.15. The van der Waals surface area contributed by atoms with Crippen LogP contribution in [0.5, 0.6) is 0 Å². The summed E-state index contributed by atoms with van der Waals surface area (Å²) in [6.07, 6.45) is 3.55. The molecule has 3 aromatic rings. The molecule has 5 heteroatoms. The molecule has 4 nitrogen and oxygen atoms in total. The first-order valence-corrected chi connectivity index (χ1v) is 7.47. The molecule has 106 valence electrons. The van der Waals surface area contributed by atoms with Crippen LogP contribution in [0.25, 0.3) is 11.1 Å². The van der Waals surface area contributed by atoms with Gasteiger partial charge in [-0.05, 0) is 35.6 Å². The molecule has 0 atom stereocenters. The average Bonchev–Trinajstić information content (AvgIpc) is 2.88. The van der Waals surface area contributed by atoms with Gasteiger partial charge in [0.2, 0.25) is 0 Å². The summed E-state index contributed by atoms with van der Waals surface area (Å²) in [5.41, 5.74) is 10.5. The fraction of sp³-hybridized carbons (Fsp3) is 0.125. The summed E-state index contributed by atoms with van der Waals surface area (Å²) in [5.74, 6) is 0.542. The fourth-order valence-corrected chi connectivity index (χ4v) is 2.93. The molecular weight excluding hydrogens is 280 g/mol. The lowest BCUT2D eigenvalue weighted by Crippen LogP contribution is -2.01. The van der Waals surface area contributed by atoms with Gasteiger partial charge in [-0.15, -0.1) is 0 Å². The quantitative estimate of drug-likeness (QED) is 0.770. The molecule has 0 aliphatic carbocycles. The van der Waals surface area contributed by atoms with E-state index in [1.165, 1.54) is 22.7 Å². The monoisotopic (exact) mass is 296 g/mol. The molecule has 0 spiro atoms. The molecule has 21 heavy (non-hydrogen) atoms. The van der Waals surface area contributed by atoms with E-state index in [0.717, 1.165) is 22.7 Å². The van der Waals surface area contributed by atoms with E-state index in [-0.39, 0.29) is 0 Å². The number of rotatable bonds is 4. The summed E-state index contributed by atoms with van der Waals surface area (Å²) in [6.45, 7) is 2.86. The van der Waals surface area contributed by atoms with Gasteiger partial charge < -0.3 is 11.1 Å². The maximum Gasteiger partial charge on any atom is 0.147 e. The van der Waals surface area contributed by atoms with Gasteiger partial charge in [0, 0.05) is 24.5 Å². The van der Waals surface area contributed by atoms with Crippen LogP contribution in [0.1, 0.15) is 11.1 Å². The van der Waals surface area contributed by atoms with Crippen molar-refractivity contribution in [2.24, 2.45) is 0 Å². The van der Waals surface area contributed by atoms with Crippen LogP contribution < -0.4 is 11.1 Å². The third-order valence-electron chi connectivity index (χ3n) is 3.37. The number of benzene rings is 1. The first-order valence-electron chi connectivity index (χ1n) is 6.69. The van der Waals surface area contributed by atoms with E-state index in [4.69, 9.17) is 5.73 Å². The number of pyridine rings is 1. The highest BCUT2D eigenvalue weighted by molar-refractivity contribution is 7.11. The van der Waals surface area contributed by atoms with Crippen molar-refractivity contribution in [3.63, 3.8) is 0 Å². The second-order valence-electron chi connectivity index (χ2n) is 4.79. The van der Waals surface area contributed by atoms with Gasteiger partial charge in [0.05, 0.1) is 5.56 Å². The van der Waals surface area contributed by atoms with Gasteiger partial charge in [0.1, 0.15) is 10.8 Å². The van der Waals surface area contributed by atoms with Crippen LogP contribution in [0.4, 0.5) is 10.8 Å². The molecule has 0 aliphatic heterocycles. The van der Waals surface area contributed by atoms with Crippen molar-refractivity contribution in [2.45, 2.75) is 13.5 Å². The van der Waals surface area contributed by atoms with Gasteiger partial charge in [0.15, 0.2) is 0 Å². The van der Waals surface area contributed by atoms with Crippen molar-refractivity contribution in [2.75, 3.05) is 11.1 Å². The lowest BCUT2D eigenvalue weighted by atomic mass is 10.1. The van der Waals surface area contributed by atoms with Crippen molar-refractivity contribution in [1.82, 2.24) is 9.36 Å². The van der Waals surface area contributed by atoms with Crippen LogP contribution in [0.2, 0.25) is 0 Å². The Kier molecular flexibility index (Phi) is 3.83. The highest BCUT2D eigenvalue weighted by atomic mass is 32.1. The number of aryl methyl sites for hydroxylation is 1. The molecule has 0 saturated carbocycles. The third kappa shape index (κ3) is 2.87. The maximum atomic E-state index is 6.00. The van der Waals surface area contributed by atoms with E-state index < -0.39 is 0 Å². The Morgan fingerprint density at radius 1 is 1.19 bits per heavy atom. The van der Waals surface area contributed by atoms with E-state index in [2.05, 4.69) is 33.7 Å². The summed E-state index contributed by atoms with van der Waals surface area (Å²) >= 11 is 1.38. The zero-order valence-corrected chi connectivity index (χ0v) is 12.5. The van der Waals surface area contributed by atoms with Crippen LogP contribution >= 0.6 is 11.5 Å². The van der Waals surface area contributed by atoms with Crippen molar-refractivity contribution >= 4 is 22.4 Å². The molecule has 0 unspecified atom stereocenters. The van der Waals surface area contributed by atoms with Crippen molar-refractivity contribution < 1.29 is 0 Å². The second-order valence-corrected chi connectivity index (χ2v) is 5.57. The molecule has 0 bridgehead atoms. The number of nitrogens with one attached hydrogen (secondary N) is 1. The first kappa shape index (κ1) is 13.6. The topological polar surface area (TPSA) is 63.8 Å². The Morgan fingerprint density at radius 2 is 2.05 bits per heavy atom. The maximum absolute atomic E-state index is 6.00. The summed E-state index contributed by atoms with van der Waals surface area (Å²) in [7, 11) is 0. The highest BCUT2D eigenvalue weighted by Gasteiger charge is 2.13. The minimum atomic E-state index is 0.542. The minimum Gasteiger partial charge on any atom is -0.382 e. The predicted octanol–water partition coefficient (Wildman–Crippen LogP) is 3.71. The van der Waals surface area contributed by atoms with E-state index >= 15 is 0 Å². The number of aromatic nitrogens is 2. The standard InChI is InChI=1S/C16H16N4S/c1-11-5-2-3-6-12(11)10-19-16-14(15(17)20-21-16)13-7-4-8-18-9-13/h2-9,19H,10H2,1H3,(H2,17,20). The normalized spacial score (nSPS) is 10.5. The van der Waals surface area contributed by atoms with Crippen molar-refractivity contribution in [1.29, 1.82) is 0 Å². The van der Waals surface area contributed by atoms with Crippen molar-refractivity contribution in [3.05, 3.63) is 59.9 Å². The van der Waals surface area contributed by atoms with Crippen LogP contribution in [0.3, 0.4) is 0 Å². The molecule has 3 N–H and O–H groups in total. The van der Waals surface area contributed by atoms with Gasteiger partial charge in [-0.1, -0.05) is 30.3 Å². The molecule has 0 amide bonds. The molecular formula is C16H16N4S. The molecule has 0 saturated heterocycles. The SMILES string of the molecule is Cc1ccccc1CNc1snc(N)c1-c1cccnc1. The Bertz CT molecular complexity index is 737. The van der Waals surface area contributed by atoms with E-state index in [9.17, 15) is 0 Å². The lowest BCUT2D eigenvalue weighted by molar-refractivity contribution is 1.13. The summed E-state index contributed by atoms with van der Waals surface area (Å²) < 4.78 is 4.26. The number of hydrogen-bond acceptors (Lipinski definition) is 5. The zero-order valence-electron chi connectivity index (χ0n) is 11.7. The van der Waals surface area contributed by atoms with Crippen LogP contribution in [-0.4, -0.2) is 9.36 Å². The highest BCUT2D eigenvalue weighted by Crippen LogP contribution is 2.36. The van der Waals surface area contributed by atoms with Gasteiger partial charge in [-0.2, -0.15) is 4.37 Å². The summed E-state index contributed by atoms with van der Waals surface area (Å²) in [5, 5.41) is 4.41. The molecule has 2 aromatic heterocycles. The fourth-order valence-electron chi connectivity index (χ4n) is 2.20. The largest absolute Gasteiger partial charge is 0.382 e. The Morgan fingerprint density at radius 3 is 2.81 bits per heavy atom. The molecule has 3 rings (SSSR count). The first-order chi connectivity index (χ1) is 10.3. The number of anilines is 2. The smallest absolute Gasteiger partial charge is 0.147 e. The molecule has 0 radical (unpaired) electrons. The van der Waals surface area contributed by atoms with Crippen molar-refractivity contribution in [3.8, 4) is 11.1 Å². The van der Waals surface area contributed by atoms with Crippen LogP contribution in [0, 0.1) is 6.92 Å². The van der Waals surface area contributed by atoms with E-state index in [1.807, 2.05) is 24.3 Å². The van der Waals surface area contributed by atoms with Gasteiger partial charge in [0.25, 0.3) is 0 Å². The predicted molar refractivity (Wildman–Crippen MR) is 88.3 cm³/mol. The van der Waals surface area contributed by atoms with Gasteiger partial charge in [-0.3, -0.25) is 4.98 Å². The van der Waals surface area contributed by atoms with Gasteiger partial charge >= 0.3 is 0 Å². The number of hydrogen-bond donors (Lipinski definition) is 2. The van der Waals surface area contributed by atoms with E-state index in [0.29, 0.717) is 5.82 Å².